The van der Waals surface area contributed by atoms with E-state index in [-0.39, 0.29) is 13.3 Å². The number of ether oxygens (including phenoxy) is 2. The van der Waals surface area contributed by atoms with Crippen molar-refractivity contribution in [2.24, 2.45) is 0 Å². The molecule has 4 rings (SSSR count). The second-order valence-corrected chi connectivity index (χ2v) is 6.39. The predicted octanol–water partition coefficient (Wildman–Crippen LogP) is 3.13. The molecule has 0 spiro atoms. The Morgan fingerprint density at radius 3 is 3.04 bits per heavy atom. The fourth-order valence-electron chi connectivity index (χ4n) is 2.88. The lowest BCUT2D eigenvalue weighted by molar-refractivity contribution is 0.100. The third kappa shape index (κ3) is 2.59. The molecule has 0 radical (unpaired) electrons. The van der Waals surface area contributed by atoms with Crippen LogP contribution >= 0.6 is 15.9 Å². The molecule has 1 saturated heterocycles. The summed E-state index contributed by atoms with van der Waals surface area (Å²) in [5, 5.41) is 0. The maximum atomic E-state index is 13.1. The largest absolute Gasteiger partial charge is 0.491 e. The Hall–Kier alpha value is -1.67. The van der Waals surface area contributed by atoms with Gasteiger partial charge >= 0.3 is 0 Å². The summed E-state index contributed by atoms with van der Waals surface area (Å²) in [7, 11) is 0. The Balaban J connectivity index is 1.77. The van der Waals surface area contributed by atoms with E-state index < -0.39 is 12.5 Å². The van der Waals surface area contributed by atoms with Gasteiger partial charge in [0.2, 0.25) is 0 Å². The maximum absolute atomic E-state index is 13.1. The first-order chi connectivity index (χ1) is 11.1. The van der Waals surface area contributed by atoms with Gasteiger partial charge in [0.05, 0.1) is 18.7 Å². The van der Waals surface area contributed by atoms with E-state index in [0.717, 1.165) is 15.8 Å². The van der Waals surface area contributed by atoms with Gasteiger partial charge < -0.3 is 18.9 Å². The molecule has 1 fully saturated rings. The standard InChI is InChI=1S/C15H14BrF2N3O2/c16-9-1-2-12-10(5-9)15-19-13(6-20(15)3-4-23-12)21-8-22-7-11(21)14(17)18/h1-2,5-6,11,14H,3-4,7-8H2/t11-/m0/s1. The van der Waals surface area contributed by atoms with Crippen LogP contribution < -0.4 is 9.64 Å². The molecular formula is C15H14BrF2N3O2. The highest BCUT2D eigenvalue weighted by Gasteiger charge is 2.35. The first-order valence-corrected chi connectivity index (χ1v) is 8.05. The molecular weight excluding hydrogens is 372 g/mol. The maximum Gasteiger partial charge on any atom is 0.260 e. The van der Waals surface area contributed by atoms with Crippen LogP contribution in [0.15, 0.2) is 28.9 Å². The van der Waals surface area contributed by atoms with Crippen molar-refractivity contribution < 1.29 is 18.3 Å². The summed E-state index contributed by atoms with van der Waals surface area (Å²) < 4.78 is 40.0. The van der Waals surface area contributed by atoms with E-state index in [4.69, 9.17) is 9.47 Å². The second-order valence-electron chi connectivity index (χ2n) is 5.48. The highest BCUT2D eigenvalue weighted by atomic mass is 79.9. The number of alkyl halides is 2. The Kier molecular flexibility index (Phi) is 3.73. The van der Waals surface area contributed by atoms with Crippen molar-refractivity contribution in [3.8, 4) is 17.1 Å². The van der Waals surface area contributed by atoms with Gasteiger partial charge in [-0.15, -0.1) is 0 Å². The highest BCUT2D eigenvalue weighted by molar-refractivity contribution is 9.10. The third-order valence-corrected chi connectivity index (χ3v) is 4.53. The van der Waals surface area contributed by atoms with Gasteiger partial charge in [0.15, 0.2) is 0 Å². The van der Waals surface area contributed by atoms with Gasteiger partial charge in [0, 0.05) is 10.7 Å². The molecule has 1 aromatic carbocycles. The first-order valence-electron chi connectivity index (χ1n) is 7.26. The van der Waals surface area contributed by atoms with E-state index >= 15 is 0 Å². The van der Waals surface area contributed by atoms with Crippen LogP contribution in [0.5, 0.6) is 5.75 Å². The van der Waals surface area contributed by atoms with E-state index in [0.29, 0.717) is 24.8 Å². The van der Waals surface area contributed by atoms with E-state index in [9.17, 15) is 8.78 Å². The van der Waals surface area contributed by atoms with Crippen LogP contribution in [0.25, 0.3) is 11.4 Å². The van der Waals surface area contributed by atoms with Crippen molar-refractivity contribution >= 4 is 21.7 Å². The average Bonchev–Trinajstić information content (AvgIpc) is 3.12. The molecule has 0 bridgehead atoms. The van der Waals surface area contributed by atoms with Crippen molar-refractivity contribution in [1.82, 2.24) is 9.55 Å². The first kappa shape index (κ1) is 14.9. The van der Waals surface area contributed by atoms with Crippen LogP contribution in [0.1, 0.15) is 0 Å². The van der Waals surface area contributed by atoms with Gasteiger partial charge in [0.25, 0.3) is 6.43 Å². The number of benzene rings is 1. The van der Waals surface area contributed by atoms with Crippen molar-refractivity contribution in [3.63, 3.8) is 0 Å². The summed E-state index contributed by atoms with van der Waals surface area (Å²) in [4.78, 5) is 6.10. The number of anilines is 1. The zero-order valence-corrected chi connectivity index (χ0v) is 13.7. The minimum atomic E-state index is -2.47. The van der Waals surface area contributed by atoms with Gasteiger partial charge in [-0.2, -0.15) is 0 Å². The predicted molar refractivity (Wildman–Crippen MR) is 83.9 cm³/mol. The van der Waals surface area contributed by atoms with Gasteiger partial charge in [-0.3, -0.25) is 0 Å². The van der Waals surface area contributed by atoms with Crippen molar-refractivity contribution in [2.75, 3.05) is 24.8 Å². The molecule has 8 heteroatoms. The minimum absolute atomic E-state index is 0.0190. The van der Waals surface area contributed by atoms with Crippen molar-refractivity contribution in [2.45, 2.75) is 19.0 Å². The Morgan fingerprint density at radius 1 is 1.35 bits per heavy atom. The Bertz CT molecular complexity index is 738. The lowest BCUT2D eigenvalue weighted by Gasteiger charge is -2.21. The third-order valence-electron chi connectivity index (χ3n) is 4.04. The fourth-order valence-corrected chi connectivity index (χ4v) is 3.25. The lowest BCUT2D eigenvalue weighted by Crippen LogP contribution is -2.36. The Labute approximate surface area is 139 Å². The zero-order valence-electron chi connectivity index (χ0n) is 12.1. The molecule has 2 aliphatic heterocycles. The SMILES string of the molecule is FC(F)[C@@H]1COCN1c1cn2c(n1)-c1cc(Br)ccc1OCC2. The van der Waals surface area contributed by atoms with Crippen LogP contribution in [-0.2, 0) is 11.3 Å². The summed E-state index contributed by atoms with van der Waals surface area (Å²) in [6, 6.07) is 4.76. The number of imidazole rings is 1. The highest BCUT2D eigenvalue weighted by Crippen LogP contribution is 2.36. The van der Waals surface area contributed by atoms with Crippen LogP contribution in [-0.4, -0.2) is 42.0 Å². The van der Waals surface area contributed by atoms with Crippen LogP contribution in [0.4, 0.5) is 14.6 Å². The lowest BCUT2D eigenvalue weighted by atomic mass is 10.2. The molecule has 0 N–H and O–H groups in total. The summed E-state index contributed by atoms with van der Waals surface area (Å²) in [5.41, 5.74) is 0.844. The van der Waals surface area contributed by atoms with Crippen LogP contribution in [0.2, 0.25) is 0 Å². The van der Waals surface area contributed by atoms with Crippen LogP contribution in [0, 0.1) is 0 Å². The van der Waals surface area contributed by atoms with Gasteiger partial charge in [-0.1, -0.05) is 15.9 Å². The van der Waals surface area contributed by atoms with Crippen molar-refractivity contribution in [1.29, 1.82) is 0 Å². The number of aromatic nitrogens is 2. The van der Waals surface area contributed by atoms with Gasteiger partial charge in [0.1, 0.15) is 36.8 Å². The number of rotatable bonds is 2. The van der Waals surface area contributed by atoms with E-state index in [1.807, 2.05) is 22.8 Å². The monoisotopic (exact) mass is 385 g/mol. The van der Waals surface area contributed by atoms with E-state index in [2.05, 4.69) is 20.9 Å². The molecule has 0 amide bonds. The number of halogens is 3. The summed E-state index contributed by atoms with van der Waals surface area (Å²) in [5.74, 6) is 1.97. The van der Waals surface area contributed by atoms with Gasteiger partial charge in [-0.05, 0) is 18.2 Å². The quantitative estimate of drug-likeness (QED) is 0.795. The molecule has 5 nitrogen and oxygen atoms in total. The zero-order chi connectivity index (χ0) is 16.0. The molecule has 23 heavy (non-hydrogen) atoms. The summed E-state index contributed by atoms with van der Waals surface area (Å²) in [6.45, 7) is 1.27. The molecule has 0 aliphatic carbocycles. The molecule has 0 unspecified atom stereocenters. The molecule has 1 atom stereocenters. The fraction of sp³-hybridized carbons (Fsp3) is 0.400. The number of hydrogen-bond acceptors (Lipinski definition) is 4. The molecule has 122 valence electrons. The van der Waals surface area contributed by atoms with Crippen LogP contribution in [0.3, 0.4) is 0 Å². The molecule has 3 heterocycles. The molecule has 2 aliphatic rings. The second kappa shape index (κ2) is 5.76. The normalized spacial score (nSPS) is 20.2. The van der Waals surface area contributed by atoms with E-state index in [1.54, 1.807) is 6.20 Å². The average molecular weight is 386 g/mol. The van der Waals surface area contributed by atoms with Gasteiger partial charge in [-0.25, -0.2) is 13.8 Å². The number of nitrogens with zero attached hydrogens (tertiary/aromatic N) is 3. The number of fused-ring (bicyclic) bond motifs is 3. The summed E-state index contributed by atoms with van der Waals surface area (Å²) >= 11 is 3.45. The Morgan fingerprint density at radius 2 is 2.22 bits per heavy atom. The van der Waals surface area contributed by atoms with E-state index in [1.165, 1.54) is 4.90 Å². The topological polar surface area (TPSA) is 39.5 Å². The molecule has 2 aromatic rings. The molecule has 1 aromatic heterocycles. The molecule has 0 saturated carbocycles. The number of hydrogen-bond donors (Lipinski definition) is 0. The summed E-state index contributed by atoms with van der Waals surface area (Å²) in [6.07, 6.45) is -0.678. The minimum Gasteiger partial charge on any atom is -0.491 e. The van der Waals surface area contributed by atoms with Crippen molar-refractivity contribution in [3.05, 3.63) is 28.9 Å². The smallest absolute Gasteiger partial charge is 0.260 e.